The van der Waals surface area contributed by atoms with Crippen LogP contribution in [0.15, 0.2) is 0 Å². The Morgan fingerprint density at radius 2 is 1.50 bits per heavy atom. The van der Waals surface area contributed by atoms with Crippen LogP contribution in [0.2, 0.25) is 0 Å². The normalized spacial score (nSPS) is 25.3. The molecule has 0 radical (unpaired) electrons. The first kappa shape index (κ1) is 18.7. The molecule has 24 heavy (non-hydrogen) atoms. The Morgan fingerprint density at radius 3 is 2.00 bits per heavy atom. The van der Waals surface area contributed by atoms with E-state index in [0.717, 1.165) is 38.5 Å². The molecule has 2 rings (SSSR count). The number of carboxylic acid groups (broad SMARTS) is 1. The van der Waals surface area contributed by atoms with Gasteiger partial charge in [-0.15, -0.1) is 0 Å². The van der Waals surface area contributed by atoms with Gasteiger partial charge in [-0.1, -0.05) is 12.8 Å². The van der Waals surface area contributed by atoms with E-state index in [1.807, 2.05) is 0 Å². The largest absolute Gasteiger partial charge is 0.480 e. The summed E-state index contributed by atoms with van der Waals surface area (Å²) in [6, 6.07) is 0.153. The lowest BCUT2D eigenvalue weighted by atomic mass is 9.84. The van der Waals surface area contributed by atoms with Crippen molar-refractivity contribution in [3.8, 4) is 0 Å². The number of hydrogen-bond acceptors (Lipinski definition) is 3. The summed E-state index contributed by atoms with van der Waals surface area (Å²) in [5.41, 5.74) is -1.20. The van der Waals surface area contributed by atoms with Gasteiger partial charge in [0.15, 0.2) is 0 Å². The van der Waals surface area contributed by atoms with Crippen LogP contribution in [-0.2, 0) is 14.4 Å². The average molecular weight is 338 g/mol. The first-order valence-corrected chi connectivity index (χ1v) is 9.05. The van der Waals surface area contributed by atoms with Gasteiger partial charge >= 0.3 is 5.97 Å². The number of carboxylic acids is 1. The van der Waals surface area contributed by atoms with Crippen molar-refractivity contribution in [1.82, 2.24) is 10.2 Å². The molecule has 0 aromatic carbocycles. The summed E-state index contributed by atoms with van der Waals surface area (Å²) in [7, 11) is 1.56. The number of carbonyl (C=O) groups excluding carboxylic acids is 2. The minimum atomic E-state index is -1.20. The van der Waals surface area contributed by atoms with Crippen LogP contribution in [0.25, 0.3) is 0 Å². The number of likely N-dealkylation sites (N-methyl/N-ethyl adjacent to an activating group) is 1. The maximum atomic E-state index is 12.6. The van der Waals surface area contributed by atoms with E-state index in [-0.39, 0.29) is 29.7 Å². The molecule has 0 bridgehead atoms. The van der Waals surface area contributed by atoms with Crippen LogP contribution in [0.1, 0.15) is 65.2 Å². The number of aliphatic carboxylic acids is 1. The molecule has 2 saturated carbocycles. The highest BCUT2D eigenvalue weighted by Gasteiger charge is 2.39. The third kappa shape index (κ3) is 4.08. The lowest BCUT2D eigenvalue weighted by molar-refractivity contribution is -0.157. The van der Waals surface area contributed by atoms with Crippen molar-refractivity contribution in [1.29, 1.82) is 0 Å². The van der Waals surface area contributed by atoms with Crippen molar-refractivity contribution in [2.45, 2.75) is 76.8 Å². The SMILES string of the molecule is CN(C(=O)C1CCC(NC(=O)C2CCCC2)CC1)C(C)(C)C(=O)O. The lowest BCUT2D eigenvalue weighted by Gasteiger charge is -2.36. The molecule has 2 fully saturated rings. The average Bonchev–Trinajstić information content (AvgIpc) is 3.08. The van der Waals surface area contributed by atoms with Gasteiger partial charge in [-0.2, -0.15) is 0 Å². The molecule has 0 saturated heterocycles. The number of nitrogens with zero attached hydrogens (tertiary/aromatic N) is 1. The van der Waals surface area contributed by atoms with Crippen LogP contribution in [0, 0.1) is 11.8 Å². The van der Waals surface area contributed by atoms with E-state index in [1.54, 1.807) is 20.9 Å². The van der Waals surface area contributed by atoms with E-state index in [9.17, 15) is 19.5 Å². The first-order valence-electron chi connectivity index (χ1n) is 9.05. The van der Waals surface area contributed by atoms with E-state index < -0.39 is 11.5 Å². The van der Waals surface area contributed by atoms with E-state index in [0.29, 0.717) is 12.8 Å². The van der Waals surface area contributed by atoms with E-state index in [4.69, 9.17) is 0 Å². The fourth-order valence-corrected chi connectivity index (χ4v) is 3.68. The molecule has 2 aliphatic carbocycles. The fourth-order valence-electron chi connectivity index (χ4n) is 3.68. The summed E-state index contributed by atoms with van der Waals surface area (Å²) in [6.45, 7) is 3.08. The van der Waals surface area contributed by atoms with Gasteiger partial charge in [0.1, 0.15) is 5.54 Å². The van der Waals surface area contributed by atoms with Crippen LogP contribution in [0.3, 0.4) is 0 Å². The second-order valence-electron chi connectivity index (χ2n) is 7.80. The third-order valence-corrected chi connectivity index (χ3v) is 5.84. The summed E-state index contributed by atoms with van der Waals surface area (Å²) < 4.78 is 0. The zero-order valence-corrected chi connectivity index (χ0v) is 15.0. The molecular formula is C18H30N2O4. The topological polar surface area (TPSA) is 86.7 Å². The van der Waals surface area contributed by atoms with Gasteiger partial charge < -0.3 is 15.3 Å². The highest BCUT2D eigenvalue weighted by atomic mass is 16.4. The minimum Gasteiger partial charge on any atom is -0.480 e. The third-order valence-electron chi connectivity index (χ3n) is 5.84. The van der Waals surface area contributed by atoms with Crippen molar-refractivity contribution in [2.24, 2.45) is 11.8 Å². The van der Waals surface area contributed by atoms with Gasteiger partial charge in [0, 0.05) is 24.9 Å². The number of hydrogen-bond donors (Lipinski definition) is 2. The van der Waals surface area contributed by atoms with Crippen LogP contribution in [0.5, 0.6) is 0 Å². The molecule has 0 aromatic heterocycles. The predicted molar refractivity (Wildman–Crippen MR) is 90.3 cm³/mol. The Kier molecular flexibility index (Phi) is 5.88. The highest BCUT2D eigenvalue weighted by Crippen LogP contribution is 2.29. The van der Waals surface area contributed by atoms with Gasteiger partial charge in [-0.25, -0.2) is 4.79 Å². The standard InChI is InChI=1S/C18H30N2O4/c1-18(2,17(23)24)20(3)16(22)13-8-10-14(11-9-13)19-15(21)12-6-4-5-7-12/h12-14H,4-11H2,1-3H3,(H,19,21)(H,23,24). The van der Waals surface area contributed by atoms with Gasteiger partial charge in [-0.05, 0) is 52.4 Å². The Morgan fingerprint density at radius 1 is 0.958 bits per heavy atom. The van der Waals surface area contributed by atoms with Crippen molar-refractivity contribution >= 4 is 17.8 Å². The summed E-state index contributed by atoms with van der Waals surface area (Å²) in [5.74, 6) is -0.912. The zero-order valence-electron chi connectivity index (χ0n) is 15.0. The second kappa shape index (κ2) is 7.53. The quantitative estimate of drug-likeness (QED) is 0.804. The Bertz CT molecular complexity index is 489. The Labute approximate surface area is 144 Å². The summed E-state index contributed by atoms with van der Waals surface area (Å²) in [4.78, 5) is 37.4. The summed E-state index contributed by atoms with van der Waals surface area (Å²) >= 11 is 0. The van der Waals surface area contributed by atoms with Gasteiger partial charge in [-0.3, -0.25) is 9.59 Å². The molecule has 0 aliphatic heterocycles. The fraction of sp³-hybridized carbons (Fsp3) is 0.833. The summed E-state index contributed by atoms with van der Waals surface area (Å²) in [6.07, 6.45) is 7.26. The van der Waals surface area contributed by atoms with Crippen LogP contribution < -0.4 is 5.32 Å². The molecule has 6 heteroatoms. The van der Waals surface area contributed by atoms with Crippen molar-refractivity contribution in [3.05, 3.63) is 0 Å². The van der Waals surface area contributed by atoms with Crippen molar-refractivity contribution < 1.29 is 19.5 Å². The minimum absolute atomic E-state index is 0.108. The molecule has 0 atom stereocenters. The van der Waals surface area contributed by atoms with Gasteiger partial charge in [0.25, 0.3) is 0 Å². The molecule has 136 valence electrons. The summed E-state index contributed by atoms with van der Waals surface area (Å²) in [5, 5.41) is 12.4. The second-order valence-corrected chi connectivity index (χ2v) is 7.80. The molecular weight excluding hydrogens is 308 g/mol. The molecule has 2 amide bonds. The number of rotatable bonds is 5. The smallest absolute Gasteiger partial charge is 0.329 e. The molecule has 0 heterocycles. The van der Waals surface area contributed by atoms with E-state index >= 15 is 0 Å². The van der Waals surface area contributed by atoms with Crippen LogP contribution in [0.4, 0.5) is 0 Å². The molecule has 0 unspecified atom stereocenters. The van der Waals surface area contributed by atoms with Crippen LogP contribution in [-0.4, -0.2) is 46.4 Å². The monoisotopic (exact) mass is 338 g/mol. The van der Waals surface area contributed by atoms with Crippen molar-refractivity contribution in [2.75, 3.05) is 7.05 Å². The molecule has 6 nitrogen and oxygen atoms in total. The van der Waals surface area contributed by atoms with Crippen molar-refractivity contribution in [3.63, 3.8) is 0 Å². The molecule has 2 N–H and O–H groups in total. The zero-order chi connectivity index (χ0) is 17.9. The predicted octanol–water partition coefficient (Wildman–Crippen LogP) is 2.17. The molecule has 0 aromatic rings. The maximum Gasteiger partial charge on any atom is 0.329 e. The Balaban J connectivity index is 1.82. The number of nitrogens with one attached hydrogen (secondary N) is 1. The number of amides is 2. The maximum absolute atomic E-state index is 12.6. The van der Waals surface area contributed by atoms with E-state index in [1.165, 1.54) is 4.90 Å². The van der Waals surface area contributed by atoms with E-state index in [2.05, 4.69) is 5.32 Å². The van der Waals surface area contributed by atoms with Crippen LogP contribution >= 0.6 is 0 Å². The Hall–Kier alpha value is -1.59. The lowest BCUT2D eigenvalue weighted by Crippen LogP contribution is -2.53. The first-order chi connectivity index (χ1) is 11.2. The van der Waals surface area contributed by atoms with Gasteiger partial charge in [0.05, 0.1) is 0 Å². The van der Waals surface area contributed by atoms with Gasteiger partial charge in [0.2, 0.25) is 11.8 Å². The number of carbonyl (C=O) groups is 3. The molecule has 0 spiro atoms. The highest BCUT2D eigenvalue weighted by molar-refractivity contribution is 5.87. The molecule has 2 aliphatic rings.